The Labute approximate surface area is 225 Å². The van der Waals surface area contributed by atoms with Gasteiger partial charge in [-0.1, -0.05) is 0 Å². The zero-order valence-corrected chi connectivity index (χ0v) is 22.0. The maximum Gasteiger partial charge on any atom is 0.227 e. The van der Waals surface area contributed by atoms with Crippen molar-refractivity contribution in [2.45, 2.75) is 50.7 Å². The van der Waals surface area contributed by atoms with Crippen molar-refractivity contribution in [3.05, 3.63) is 58.8 Å². The molecule has 3 aromatic heterocycles. The van der Waals surface area contributed by atoms with Crippen molar-refractivity contribution in [2.75, 3.05) is 17.3 Å². The highest BCUT2D eigenvalue weighted by Crippen LogP contribution is 2.56. The van der Waals surface area contributed by atoms with E-state index in [2.05, 4.69) is 20.3 Å². The van der Waals surface area contributed by atoms with Crippen molar-refractivity contribution >= 4 is 33.3 Å². The first-order valence-corrected chi connectivity index (χ1v) is 13.1. The average molecular weight is 559 g/mol. The number of anilines is 2. The lowest BCUT2D eigenvalue weighted by atomic mass is 10.1. The van der Waals surface area contributed by atoms with Crippen molar-refractivity contribution in [1.29, 1.82) is 0 Å². The Balaban J connectivity index is 1.41. The van der Waals surface area contributed by atoms with Crippen LogP contribution < -0.4 is 10.2 Å². The number of aliphatic hydroxyl groups excluding tert-OH is 2. The number of benzene rings is 1. The van der Waals surface area contributed by atoms with Crippen LogP contribution in [0.2, 0.25) is 0 Å². The molecule has 2 aliphatic carbocycles. The first kappa shape index (κ1) is 25.9. The van der Waals surface area contributed by atoms with Crippen molar-refractivity contribution in [3.8, 4) is 10.6 Å². The van der Waals surface area contributed by atoms with Gasteiger partial charge in [0, 0.05) is 36.9 Å². The molecular weight excluding hydrogens is 533 g/mol. The fourth-order valence-electron chi connectivity index (χ4n) is 5.41. The molecule has 0 aliphatic heterocycles. The Morgan fingerprint density at radius 2 is 1.79 bits per heavy atom. The predicted octanol–water partition coefficient (Wildman–Crippen LogP) is 3.09. The normalized spacial score (nSPS) is 25.7. The van der Waals surface area contributed by atoms with Crippen LogP contribution in [0, 0.1) is 37.2 Å². The van der Waals surface area contributed by atoms with E-state index in [1.54, 1.807) is 20.2 Å². The third-order valence-electron chi connectivity index (χ3n) is 7.65. The zero-order valence-electron chi connectivity index (χ0n) is 21.2. The van der Waals surface area contributed by atoms with Gasteiger partial charge in [-0.3, -0.25) is 4.98 Å². The summed E-state index contributed by atoms with van der Waals surface area (Å²) >= 11 is 1.41. The van der Waals surface area contributed by atoms with Crippen LogP contribution in [-0.2, 0) is 6.54 Å². The molecule has 39 heavy (non-hydrogen) atoms. The van der Waals surface area contributed by atoms with Crippen LogP contribution in [0.4, 0.5) is 24.9 Å². The molecule has 3 heterocycles. The molecule has 4 aromatic rings. The number of nitrogens with zero attached hydrogens (tertiary/aromatic N) is 5. The largest absolute Gasteiger partial charge is 0.390 e. The average Bonchev–Trinajstić information content (AvgIpc) is 3.15. The molecule has 4 N–H and O–H groups in total. The number of aromatic nitrogens is 4. The van der Waals surface area contributed by atoms with E-state index in [1.165, 1.54) is 16.2 Å². The van der Waals surface area contributed by atoms with Gasteiger partial charge < -0.3 is 25.5 Å². The summed E-state index contributed by atoms with van der Waals surface area (Å²) in [6, 6.07) is 2.46. The quantitative estimate of drug-likeness (QED) is 0.282. The molecule has 6 rings (SSSR count). The number of aryl methyl sites for hydroxylation is 2. The molecule has 1 aromatic carbocycles. The number of halogens is 3. The molecule has 13 heteroatoms. The molecule has 0 saturated heterocycles. The number of pyridine rings is 1. The molecule has 0 amide bonds. The van der Waals surface area contributed by atoms with Crippen molar-refractivity contribution in [1.82, 2.24) is 19.9 Å². The summed E-state index contributed by atoms with van der Waals surface area (Å²) < 4.78 is 43.0. The highest BCUT2D eigenvalue weighted by Gasteiger charge is 2.74. The third kappa shape index (κ3) is 4.11. The lowest BCUT2D eigenvalue weighted by Gasteiger charge is -2.26. The minimum atomic E-state index is -1.57. The number of fused-ring (bicyclic) bond motifs is 2. The van der Waals surface area contributed by atoms with E-state index >= 15 is 0 Å². The molecule has 204 valence electrons. The first-order chi connectivity index (χ1) is 18.5. The standard InChI is InChI=1S/C26H25F3N6O3S/c1-10-19(24-33-20-11(2)30-5-4-18(20)39-24)23(32-17-8-14-21(36)26(14,38)22(17)37)34-25(31-10)35(3)9-13-15(28)6-12(27)7-16(13)29/h4-7,14,17,21-22,36-38H,8-9H2,1-3H3,(H,31,32,34)/t14-,17-,21?,22+,26+/m1/s1. The van der Waals surface area contributed by atoms with Gasteiger partial charge in [0.1, 0.15) is 45.5 Å². The summed E-state index contributed by atoms with van der Waals surface area (Å²) in [7, 11) is 1.55. The van der Waals surface area contributed by atoms with Gasteiger partial charge >= 0.3 is 0 Å². The molecule has 0 spiro atoms. The van der Waals surface area contributed by atoms with Gasteiger partial charge in [0.25, 0.3) is 0 Å². The van der Waals surface area contributed by atoms with Crippen LogP contribution in [0.15, 0.2) is 24.4 Å². The van der Waals surface area contributed by atoms with Gasteiger partial charge in [-0.15, -0.1) is 11.3 Å². The van der Waals surface area contributed by atoms with Gasteiger partial charge in [0.2, 0.25) is 5.95 Å². The Morgan fingerprint density at radius 1 is 1.08 bits per heavy atom. The van der Waals surface area contributed by atoms with Crippen LogP contribution in [0.3, 0.4) is 0 Å². The topological polar surface area (TPSA) is 128 Å². The Hall–Kier alpha value is -3.39. The summed E-state index contributed by atoms with van der Waals surface area (Å²) in [6.45, 7) is 3.32. The SMILES string of the molecule is Cc1nc(N(C)Cc2c(F)cc(F)cc2F)nc(N[C@@H]2C[C@@H]3C(O)[C@]3(O)[C@H]2O)c1-c1nc2c(C)nccc2s1. The predicted molar refractivity (Wildman–Crippen MR) is 139 cm³/mol. The molecule has 0 bridgehead atoms. The number of hydrogen-bond donors (Lipinski definition) is 4. The van der Waals surface area contributed by atoms with E-state index in [0.29, 0.717) is 40.6 Å². The molecule has 1 unspecified atom stereocenters. The van der Waals surface area contributed by atoms with Gasteiger partial charge in [-0.2, -0.15) is 4.98 Å². The highest BCUT2D eigenvalue weighted by molar-refractivity contribution is 7.21. The van der Waals surface area contributed by atoms with Gasteiger partial charge in [-0.25, -0.2) is 23.1 Å². The van der Waals surface area contributed by atoms with Crippen LogP contribution in [0.1, 0.15) is 23.4 Å². The van der Waals surface area contributed by atoms with Crippen molar-refractivity contribution in [2.24, 2.45) is 5.92 Å². The van der Waals surface area contributed by atoms with Crippen molar-refractivity contribution < 1.29 is 28.5 Å². The second kappa shape index (κ2) is 9.08. The molecule has 9 nitrogen and oxygen atoms in total. The Bertz CT molecular complexity index is 1600. The summed E-state index contributed by atoms with van der Waals surface area (Å²) in [6.07, 6.45) is -0.229. The molecule has 2 aliphatic rings. The number of aliphatic hydroxyl groups is 3. The van der Waals surface area contributed by atoms with E-state index < -0.39 is 47.2 Å². The van der Waals surface area contributed by atoms with E-state index in [4.69, 9.17) is 4.98 Å². The van der Waals surface area contributed by atoms with E-state index in [1.807, 2.05) is 13.0 Å². The summed E-state index contributed by atoms with van der Waals surface area (Å²) in [5.74, 6) is -3.09. The smallest absolute Gasteiger partial charge is 0.227 e. The molecular formula is C26H25F3N6O3S. The number of rotatable bonds is 6. The number of hydrogen-bond acceptors (Lipinski definition) is 10. The fraction of sp³-hybridized carbons (Fsp3) is 0.385. The van der Waals surface area contributed by atoms with Gasteiger partial charge in [-0.05, 0) is 26.3 Å². The zero-order chi connectivity index (χ0) is 27.8. The highest BCUT2D eigenvalue weighted by atomic mass is 32.1. The second-order valence-electron chi connectivity index (χ2n) is 10.2. The van der Waals surface area contributed by atoms with Crippen LogP contribution >= 0.6 is 11.3 Å². The van der Waals surface area contributed by atoms with Crippen LogP contribution in [-0.4, -0.2) is 66.2 Å². The van der Waals surface area contributed by atoms with Crippen molar-refractivity contribution in [3.63, 3.8) is 0 Å². The Kier molecular flexibility index (Phi) is 6.02. The number of thiazole rings is 1. The van der Waals surface area contributed by atoms with E-state index in [-0.39, 0.29) is 18.1 Å². The maximum atomic E-state index is 14.3. The monoisotopic (exact) mass is 558 g/mol. The van der Waals surface area contributed by atoms with E-state index in [9.17, 15) is 28.5 Å². The molecule has 2 saturated carbocycles. The van der Waals surface area contributed by atoms with Crippen LogP contribution in [0.25, 0.3) is 20.8 Å². The minimum absolute atomic E-state index is 0.122. The Morgan fingerprint density at radius 3 is 2.44 bits per heavy atom. The molecule has 0 radical (unpaired) electrons. The van der Waals surface area contributed by atoms with E-state index in [0.717, 1.165) is 15.9 Å². The second-order valence-corrected chi connectivity index (χ2v) is 11.2. The third-order valence-corrected chi connectivity index (χ3v) is 8.69. The lowest BCUT2D eigenvalue weighted by molar-refractivity contribution is -0.0262. The number of nitrogens with one attached hydrogen (secondary N) is 1. The lowest BCUT2D eigenvalue weighted by Crippen LogP contribution is -2.42. The fourth-order valence-corrected chi connectivity index (χ4v) is 6.52. The summed E-state index contributed by atoms with van der Waals surface area (Å²) in [5.41, 5.74) is 0.643. The van der Waals surface area contributed by atoms with Gasteiger partial charge in [0.15, 0.2) is 0 Å². The van der Waals surface area contributed by atoms with Gasteiger partial charge in [0.05, 0.1) is 40.3 Å². The minimum Gasteiger partial charge on any atom is -0.390 e. The van der Waals surface area contributed by atoms with Crippen LogP contribution in [0.5, 0.6) is 0 Å². The maximum absolute atomic E-state index is 14.3. The molecule has 5 atom stereocenters. The molecule has 2 fully saturated rings. The first-order valence-electron chi connectivity index (χ1n) is 12.3. The summed E-state index contributed by atoms with van der Waals surface area (Å²) in [4.78, 5) is 19.7. The summed E-state index contributed by atoms with van der Waals surface area (Å²) in [5, 5.41) is 35.2.